The second-order valence-corrected chi connectivity index (χ2v) is 7.10. The number of benzene rings is 2. The minimum absolute atomic E-state index is 0.0897. The maximum atomic E-state index is 13.8. The van der Waals surface area contributed by atoms with E-state index in [1.165, 1.54) is 6.07 Å². The summed E-state index contributed by atoms with van der Waals surface area (Å²) in [5.74, 6) is -0.168. The molecule has 1 aliphatic rings. The second kappa shape index (κ2) is 9.69. The molecule has 1 aliphatic heterocycles. The van der Waals surface area contributed by atoms with Gasteiger partial charge < -0.3 is 19.1 Å². The van der Waals surface area contributed by atoms with Crippen molar-refractivity contribution >= 4 is 5.91 Å². The quantitative estimate of drug-likeness (QED) is 0.697. The van der Waals surface area contributed by atoms with Gasteiger partial charge in [-0.3, -0.25) is 4.79 Å². The van der Waals surface area contributed by atoms with Crippen LogP contribution in [0.3, 0.4) is 0 Å². The average Bonchev–Trinajstić information content (AvgIpc) is 2.73. The largest absolute Gasteiger partial charge is 0.497 e. The molecule has 5 nitrogen and oxygen atoms in total. The molecule has 2 aromatic carbocycles. The molecule has 0 N–H and O–H groups in total. The van der Waals surface area contributed by atoms with Crippen molar-refractivity contribution in [2.24, 2.45) is 5.92 Å². The van der Waals surface area contributed by atoms with Gasteiger partial charge in [0.15, 0.2) is 0 Å². The number of rotatable bonds is 7. The van der Waals surface area contributed by atoms with E-state index in [9.17, 15) is 13.6 Å². The lowest BCUT2D eigenvalue weighted by atomic mass is 9.97. The summed E-state index contributed by atoms with van der Waals surface area (Å²) in [6.45, 7) is 2.06. The molecule has 0 radical (unpaired) electrons. The first kappa shape index (κ1) is 21.0. The number of hydrogen-bond acceptors (Lipinski definition) is 4. The Kier molecular flexibility index (Phi) is 7.04. The standard InChI is InChI=1S/C22H25F2NO4/c1-27-18-9-16(10-19(12-18)28-2)14-29-13-15-5-7-25(8-6-15)22(26)20-4-3-17(23)11-21(20)24/h3-4,9-12,15H,5-8,13-14H2,1-2H3. The summed E-state index contributed by atoms with van der Waals surface area (Å²) in [7, 11) is 3.21. The van der Waals surface area contributed by atoms with Gasteiger partial charge >= 0.3 is 0 Å². The first-order valence-electron chi connectivity index (χ1n) is 9.54. The molecule has 0 bridgehead atoms. The molecular formula is C22H25F2NO4. The van der Waals surface area contributed by atoms with E-state index in [0.717, 1.165) is 30.5 Å². The fraction of sp³-hybridized carbons (Fsp3) is 0.409. The van der Waals surface area contributed by atoms with E-state index in [-0.39, 0.29) is 5.56 Å². The third-order valence-corrected chi connectivity index (χ3v) is 5.10. The van der Waals surface area contributed by atoms with Crippen LogP contribution >= 0.6 is 0 Å². The Morgan fingerprint density at radius 2 is 1.69 bits per heavy atom. The van der Waals surface area contributed by atoms with Gasteiger partial charge in [-0.1, -0.05) is 0 Å². The van der Waals surface area contributed by atoms with Crippen LogP contribution in [0.4, 0.5) is 8.78 Å². The summed E-state index contributed by atoms with van der Waals surface area (Å²) >= 11 is 0. The fourth-order valence-electron chi connectivity index (χ4n) is 3.43. The lowest BCUT2D eigenvalue weighted by Crippen LogP contribution is -2.39. The fourth-order valence-corrected chi connectivity index (χ4v) is 3.43. The Labute approximate surface area is 169 Å². The number of ether oxygens (including phenoxy) is 3. The molecule has 0 spiro atoms. The maximum absolute atomic E-state index is 13.8. The number of methoxy groups -OCH3 is 2. The molecule has 2 aromatic rings. The van der Waals surface area contributed by atoms with Crippen LogP contribution < -0.4 is 9.47 Å². The number of hydrogen-bond donors (Lipinski definition) is 0. The number of likely N-dealkylation sites (tertiary alicyclic amines) is 1. The monoisotopic (exact) mass is 405 g/mol. The van der Waals surface area contributed by atoms with Crippen molar-refractivity contribution in [1.82, 2.24) is 4.90 Å². The molecule has 0 saturated carbocycles. The average molecular weight is 405 g/mol. The molecular weight excluding hydrogens is 380 g/mol. The van der Waals surface area contributed by atoms with Crippen LogP contribution in [0, 0.1) is 17.6 Å². The Morgan fingerprint density at radius 3 is 2.28 bits per heavy atom. The molecule has 1 fully saturated rings. The maximum Gasteiger partial charge on any atom is 0.256 e. The van der Waals surface area contributed by atoms with Crippen molar-refractivity contribution in [3.05, 3.63) is 59.2 Å². The van der Waals surface area contributed by atoms with Crippen LogP contribution in [-0.4, -0.2) is 44.7 Å². The molecule has 1 heterocycles. The smallest absolute Gasteiger partial charge is 0.256 e. The van der Waals surface area contributed by atoms with Crippen molar-refractivity contribution < 1.29 is 27.8 Å². The van der Waals surface area contributed by atoms with Crippen molar-refractivity contribution in [3.8, 4) is 11.5 Å². The normalized spacial score (nSPS) is 14.7. The number of piperidine rings is 1. The van der Waals surface area contributed by atoms with Crippen molar-refractivity contribution in [1.29, 1.82) is 0 Å². The predicted octanol–water partition coefficient (Wildman–Crippen LogP) is 4.05. The molecule has 156 valence electrons. The molecule has 29 heavy (non-hydrogen) atoms. The van der Waals surface area contributed by atoms with Crippen LogP contribution in [0.5, 0.6) is 11.5 Å². The Bertz CT molecular complexity index is 828. The lowest BCUT2D eigenvalue weighted by Gasteiger charge is -2.32. The highest BCUT2D eigenvalue weighted by Gasteiger charge is 2.25. The summed E-state index contributed by atoms with van der Waals surface area (Å²) < 4.78 is 43.3. The van der Waals surface area contributed by atoms with E-state index in [0.29, 0.717) is 43.7 Å². The van der Waals surface area contributed by atoms with Crippen LogP contribution in [0.2, 0.25) is 0 Å². The summed E-state index contributed by atoms with van der Waals surface area (Å²) in [5.41, 5.74) is 0.869. The Balaban J connectivity index is 1.47. The van der Waals surface area contributed by atoms with E-state index in [2.05, 4.69) is 0 Å². The van der Waals surface area contributed by atoms with Gasteiger partial charge in [-0.15, -0.1) is 0 Å². The number of nitrogens with zero attached hydrogens (tertiary/aromatic N) is 1. The predicted molar refractivity (Wildman–Crippen MR) is 104 cm³/mol. The zero-order valence-corrected chi connectivity index (χ0v) is 16.6. The number of amides is 1. The van der Waals surface area contributed by atoms with E-state index in [1.54, 1.807) is 25.2 Å². The zero-order valence-electron chi connectivity index (χ0n) is 16.6. The van der Waals surface area contributed by atoms with Gasteiger partial charge in [0.05, 0.1) is 26.4 Å². The first-order valence-corrected chi connectivity index (χ1v) is 9.54. The van der Waals surface area contributed by atoms with E-state index < -0.39 is 17.5 Å². The lowest BCUT2D eigenvalue weighted by molar-refractivity contribution is 0.0475. The third-order valence-electron chi connectivity index (χ3n) is 5.10. The highest BCUT2D eigenvalue weighted by molar-refractivity contribution is 5.94. The van der Waals surface area contributed by atoms with Gasteiger partial charge in [-0.2, -0.15) is 0 Å². The van der Waals surface area contributed by atoms with Crippen molar-refractivity contribution in [3.63, 3.8) is 0 Å². The van der Waals surface area contributed by atoms with E-state index in [4.69, 9.17) is 14.2 Å². The second-order valence-electron chi connectivity index (χ2n) is 7.10. The molecule has 3 rings (SSSR count). The van der Waals surface area contributed by atoms with Crippen LogP contribution in [0.25, 0.3) is 0 Å². The molecule has 0 aromatic heterocycles. The first-order chi connectivity index (χ1) is 14.0. The van der Waals surface area contributed by atoms with Gasteiger partial charge in [-0.05, 0) is 48.6 Å². The molecule has 1 saturated heterocycles. The molecule has 7 heteroatoms. The third kappa shape index (κ3) is 5.44. The Morgan fingerprint density at radius 1 is 1.03 bits per heavy atom. The number of halogens is 2. The molecule has 1 amide bonds. The summed E-state index contributed by atoms with van der Waals surface area (Å²) in [6.07, 6.45) is 1.55. The van der Waals surface area contributed by atoms with Gasteiger partial charge in [0, 0.05) is 31.8 Å². The van der Waals surface area contributed by atoms with Crippen molar-refractivity contribution in [2.45, 2.75) is 19.4 Å². The number of carbonyl (C=O) groups is 1. The topological polar surface area (TPSA) is 48.0 Å². The van der Waals surface area contributed by atoms with Gasteiger partial charge in [0.1, 0.15) is 23.1 Å². The molecule has 0 aliphatic carbocycles. The summed E-state index contributed by atoms with van der Waals surface area (Å²) in [6, 6.07) is 8.65. The highest BCUT2D eigenvalue weighted by Crippen LogP contribution is 2.24. The van der Waals surface area contributed by atoms with Crippen LogP contribution in [-0.2, 0) is 11.3 Å². The van der Waals surface area contributed by atoms with E-state index >= 15 is 0 Å². The summed E-state index contributed by atoms with van der Waals surface area (Å²) in [4.78, 5) is 14.1. The molecule has 0 unspecified atom stereocenters. The van der Waals surface area contributed by atoms with E-state index in [1.807, 2.05) is 12.1 Å². The molecule has 0 atom stereocenters. The Hall–Kier alpha value is -2.67. The van der Waals surface area contributed by atoms with Gasteiger partial charge in [0.25, 0.3) is 5.91 Å². The van der Waals surface area contributed by atoms with Crippen LogP contribution in [0.15, 0.2) is 36.4 Å². The van der Waals surface area contributed by atoms with Gasteiger partial charge in [-0.25, -0.2) is 8.78 Å². The zero-order chi connectivity index (χ0) is 20.8. The van der Waals surface area contributed by atoms with Crippen LogP contribution in [0.1, 0.15) is 28.8 Å². The van der Waals surface area contributed by atoms with Gasteiger partial charge in [0.2, 0.25) is 0 Å². The minimum atomic E-state index is -0.825. The SMILES string of the molecule is COc1cc(COCC2CCN(C(=O)c3ccc(F)cc3F)CC2)cc(OC)c1. The number of carbonyl (C=O) groups excluding carboxylic acids is 1. The minimum Gasteiger partial charge on any atom is -0.497 e. The highest BCUT2D eigenvalue weighted by atomic mass is 19.1. The summed E-state index contributed by atoms with van der Waals surface area (Å²) in [5, 5.41) is 0. The van der Waals surface area contributed by atoms with Crippen molar-refractivity contribution in [2.75, 3.05) is 33.9 Å².